The van der Waals surface area contributed by atoms with Crippen LogP contribution in [0.2, 0.25) is 0 Å². The molecular formula is C8H17N3O2. The standard InChI is InChI=1S/C8H17N3O2/c1-3-5(9)7(8(12)13)11-6(10)4-2/h5-6H,3-4,9-10H2,1-2H3,(H,12,13)/b11-7-. The summed E-state index contributed by atoms with van der Waals surface area (Å²) in [6, 6.07) is -0.532. The lowest BCUT2D eigenvalue weighted by atomic mass is 10.1. The summed E-state index contributed by atoms with van der Waals surface area (Å²) in [5.41, 5.74) is 11.0. The van der Waals surface area contributed by atoms with E-state index >= 15 is 0 Å². The lowest BCUT2D eigenvalue weighted by Crippen LogP contribution is -2.37. The first kappa shape index (κ1) is 12.1. The van der Waals surface area contributed by atoms with Gasteiger partial charge in [0.25, 0.3) is 0 Å². The number of rotatable bonds is 5. The highest BCUT2D eigenvalue weighted by atomic mass is 16.4. The van der Waals surface area contributed by atoms with E-state index in [1.807, 2.05) is 6.92 Å². The Morgan fingerprint density at radius 3 is 2.23 bits per heavy atom. The largest absolute Gasteiger partial charge is 0.477 e. The monoisotopic (exact) mass is 187 g/mol. The third-order valence-electron chi connectivity index (χ3n) is 1.73. The van der Waals surface area contributed by atoms with Gasteiger partial charge in [-0.1, -0.05) is 13.8 Å². The molecule has 2 unspecified atom stereocenters. The van der Waals surface area contributed by atoms with Gasteiger partial charge in [0, 0.05) is 0 Å². The molecule has 0 spiro atoms. The fourth-order valence-electron chi connectivity index (χ4n) is 0.773. The van der Waals surface area contributed by atoms with Crippen molar-refractivity contribution in [3.63, 3.8) is 0 Å². The van der Waals surface area contributed by atoms with Crippen LogP contribution in [0.15, 0.2) is 4.99 Å². The highest BCUT2D eigenvalue weighted by Gasteiger charge is 2.17. The van der Waals surface area contributed by atoms with Crippen molar-refractivity contribution in [1.29, 1.82) is 0 Å². The van der Waals surface area contributed by atoms with Gasteiger partial charge in [-0.2, -0.15) is 0 Å². The zero-order valence-corrected chi connectivity index (χ0v) is 8.03. The van der Waals surface area contributed by atoms with Gasteiger partial charge in [0.15, 0.2) is 0 Å². The summed E-state index contributed by atoms with van der Waals surface area (Å²) in [6.45, 7) is 3.64. The Morgan fingerprint density at radius 2 is 1.92 bits per heavy atom. The van der Waals surface area contributed by atoms with Crippen LogP contribution < -0.4 is 11.5 Å². The number of carboxylic acid groups (broad SMARTS) is 1. The van der Waals surface area contributed by atoms with Crippen molar-refractivity contribution in [2.45, 2.75) is 38.9 Å². The van der Waals surface area contributed by atoms with Crippen LogP contribution in [-0.2, 0) is 4.79 Å². The van der Waals surface area contributed by atoms with E-state index < -0.39 is 18.2 Å². The predicted molar refractivity (Wildman–Crippen MR) is 51.6 cm³/mol. The van der Waals surface area contributed by atoms with Crippen molar-refractivity contribution < 1.29 is 9.90 Å². The molecule has 0 aromatic rings. The Bertz CT molecular complexity index is 204. The van der Waals surface area contributed by atoms with Crippen LogP contribution in [0.4, 0.5) is 0 Å². The Morgan fingerprint density at radius 1 is 1.38 bits per heavy atom. The van der Waals surface area contributed by atoms with Crippen LogP contribution in [0.5, 0.6) is 0 Å². The SMILES string of the molecule is CCC(N)/N=C(\C(=O)O)C(N)CC. The number of aliphatic carboxylic acids is 1. The van der Waals surface area contributed by atoms with E-state index in [-0.39, 0.29) is 5.71 Å². The number of nitrogens with two attached hydrogens (primary N) is 2. The first-order chi connectivity index (χ1) is 6.02. The third kappa shape index (κ3) is 4.00. The second-order valence-corrected chi connectivity index (χ2v) is 2.81. The quantitative estimate of drug-likeness (QED) is 0.525. The van der Waals surface area contributed by atoms with Crippen LogP contribution in [0, 0.1) is 0 Å². The minimum atomic E-state index is -1.08. The second-order valence-electron chi connectivity index (χ2n) is 2.81. The van der Waals surface area contributed by atoms with Gasteiger partial charge in [-0.05, 0) is 12.8 Å². The summed E-state index contributed by atoms with van der Waals surface area (Å²) in [5.74, 6) is -1.08. The number of carbonyl (C=O) groups is 1. The van der Waals surface area contributed by atoms with Crippen LogP contribution in [0.1, 0.15) is 26.7 Å². The van der Waals surface area contributed by atoms with Crippen LogP contribution in [0.3, 0.4) is 0 Å². The van der Waals surface area contributed by atoms with Crippen LogP contribution >= 0.6 is 0 Å². The Labute approximate surface area is 77.8 Å². The van der Waals surface area contributed by atoms with Crippen LogP contribution in [0.25, 0.3) is 0 Å². The summed E-state index contributed by atoms with van der Waals surface area (Å²) >= 11 is 0. The molecule has 0 amide bonds. The molecule has 13 heavy (non-hydrogen) atoms. The minimum Gasteiger partial charge on any atom is -0.477 e. The van der Waals surface area contributed by atoms with Gasteiger partial charge >= 0.3 is 5.97 Å². The average molecular weight is 187 g/mol. The lowest BCUT2D eigenvalue weighted by molar-refractivity contribution is -0.129. The average Bonchev–Trinajstić information content (AvgIpc) is 2.11. The molecule has 0 bridgehead atoms. The van der Waals surface area contributed by atoms with E-state index in [0.717, 1.165) is 0 Å². The van der Waals surface area contributed by atoms with Gasteiger partial charge in [-0.25, -0.2) is 4.79 Å². The maximum Gasteiger partial charge on any atom is 0.351 e. The van der Waals surface area contributed by atoms with E-state index in [0.29, 0.717) is 12.8 Å². The molecule has 5 nitrogen and oxygen atoms in total. The van der Waals surface area contributed by atoms with E-state index in [4.69, 9.17) is 16.6 Å². The molecule has 5 N–H and O–H groups in total. The zero-order chi connectivity index (χ0) is 10.4. The Balaban J connectivity index is 4.59. The number of carboxylic acids is 1. The highest BCUT2D eigenvalue weighted by Crippen LogP contribution is 1.96. The van der Waals surface area contributed by atoms with E-state index in [1.165, 1.54) is 0 Å². The second kappa shape index (κ2) is 5.66. The smallest absolute Gasteiger partial charge is 0.351 e. The highest BCUT2D eigenvalue weighted by molar-refractivity contribution is 6.37. The molecule has 0 rings (SSSR count). The maximum absolute atomic E-state index is 10.7. The van der Waals surface area contributed by atoms with Gasteiger partial charge in [0.05, 0.1) is 12.2 Å². The summed E-state index contributed by atoms with van der Waals surface area (Å²) in [4.78, 5) is 14.5. The number of aliphatic imine (C=N–C) groups is 1. The van der Waals surface area contributed by atoms with Crippen molar-refractivity contribution in [2.75, 3.05) is 0 Å². The van der Waals surface area contributed by atoms with Crippen molar-refractivity contribution in [1.82, 2.24) is 0 Å². The molecule has 0 fully saturated rings. The molecule has 0 aromatic heterocycles. The maximum atomic E-state index is 10.7. The topological polar surface area (TPSA) is 102 Å². The predicted octanol–water partition coefficient (Wildman–Crippen LogP) is -0.0559. The number of hydrogen-bond acceptors (Lipinski definition) is 4. The Kier molecular flexibility index (Phi) is 5.25. The Hall–Kier alpha value is -0.940. The molecule has 0 aliphatic carbocycles. The summed E-state index contributed by atoms with van der Waals surface area (Å²) in [5, 5.41) is 8.75. The molecule has 2 atom stereocenters. The molecule has 0 saturated heterocycles. The molecule has 0 aliphatic heterocycles. The van der Waals surface area contributed by atoms with Gasteiger partial charge in [-0.3, -0.25) is 4.99 Å². The van der Waals surface area contributed by atoms with Crippen LogP contribution in [-0.4, -0.2) is 29.0 Å². The fraction of sp³-hybridized carbons (Fsp3) is 0.750. The zero-order valence-electron chi connectivity index (χ0n) is 8.03. The van der Waals surface area contributed by atoms with E-state index in [9.17, 15) is 4.79 Å². The van der Waals surface area contributed by atoms with Crippen molar-refractivity contribution in [3.8, 4) is 0 Å². The molecular weight excluding hydrogens is 170 g/mol. The fourth-order valence-corrected chi connectivity index (χ4v) is 0.773. The summed E-state index contributed by atoms with van der Waals surface area (Å²) < 4.78 is 0. The molecule has 76 valence electrons. The van der Waals surface area contributed by atoms with E-state index in [2.05, 4.69) is 4.99 Å². The summed E-state index contributed by atoms with van der Waals surface area (Å²) in [7, 11) is 0. The normalized spacial score (nSPS) is 16.8. The molecule has 0 aliphatic rings. The first-order valence-electron chi connectivity index (χ1n) is 4.35. The van der Waals surface area contributed by atoms with Gasteiger partial charge in [-0.15, -0.1) is 0 Å². The number of nitrogens with zero attached hydrogens (tertiary/aromatic N) is 1. The van der Waals surface area contributed by atoms with Crippen molar-refractivity contribution in [2.24, 2.45) is 16.5 Å². The molecule has 0 aromatic carbocycles. The molecule has 5 heteroatoms. The lowest BCUT2D eigenvalue weighted by Gasteiger charge is -2.11. The summed E-state index contributed by atoms with van der Waals surface area (Å²) in [6.07, 6.45) is 0.679. The molecule has 0 radical (unpaired) electrons. The number of hydrogen-bond donors (Lipinski definition) is 3. The van der Waals surface area contributed by atoms with Gasteiger partial charge in [0.2, 0.25) is 0 Å². The molecule has 0 heterocycles. The molecule has 0 saturated carbocycles. The van der Waals surface area contributed by atoms with Crippen molar-refractivity contribution in [3.05, 3.63) is 0 Å². The van der Waals surface area contributed by atoms with Crippen molar-refractivity contribution >= 4 is 11.7 Å². The minimum absolute atomic E-state index is 0.0307. The van der Waals surface area contributed by atoms with E-state index in [1.54, 1.807) is 6.92 Å². The van der Waals surface area contributed by atoms with Gasteiger partial charge in [0.1, 0.15) is 5.71 Å². The van der Waals surface area contributed by atoms with Gasteiger partial charge < -0.3 is 16.6 Å². The first-order valence-corrected chi connectivity index (χ1v) is 4.35. The third-order valence-corrected chi connectivity index (χ3v) is 1.73.